The molecule has 1 saturated carbocycles. The van der Waals surface area contributed by atoms with Gasteiger partial charge in [-0.05, 0) is 6.42 Å². The van der Waals surface area contributed by atoms with Crippen molar-refractivity contribution in [2.75, 3.05) is 6.54 Å². The minimum atomic E-state index is 0. The van der Waals surface area contributed by atoms with E-state index in [1.807, 2.05) is 18.4 Å². The van der Waals surface area contributed by atoms with Crippen LogP contribution in [0, 0.1) is 27.2 Å². The Labute approximate surface area is 185 Å². The summed E-state index contributed by atoms with van der Waals surface area (Å²) in [6, 6.07) is 0.780. The van der Waals surface area contributed by atoms with Gasteiger partial charge in [-0.15, -0.1) is 18.3 Å². The molecule has 2 atom stereocenters. The van der Waals surface area contributed by atoms with Gasteiger partial charge in [-0.3, -0.25) is 0 Å². The van der Waals surface area contributed by atoms with Crippen LogP contribution in [0.2, 0.25) is 0 Å². The first-order chi connectivity index (χ1) is 12.8. The molecule has 4 nitrogen and oxygen atoms in total. The molecule has 1 saturated heterocycles. The zero-order valence-electron chi connectivity index (χ0n) is 15.2. The summed E-state index contributed by atoms with van der Waals surface area (Å²) in [7, 11) is 0. The van der Waals surface area contributed by atoms with Gasteiger partial charge in [-0.25, -0.2) is 10.5 Å². The number of allylic oxidation sites excluding steroid dienone is 6. The van der Waals surface area contributed by atoms with E-state index >= 15 is 0 Å². The predicted molar refractivity (Wildman–Crippen MR) is 112 cm³/mol. The minimum Gasteiger partial charge on any atom is -0.696 e. The Kier molecular flexibility index (Phi) is 16.0. The molecule has 0 aromatic heterocycles. The fourth-order valence-corrected chi connectivity index (χ4v) is 3.50. The van der Waals surface area contributed by atoms with Crippen LogP contribution < -0.4 is 0 Å². The molecule has 27 heavy (non-hydrogen) atoms. The van der Waals surface area contributed by atoms with Crippen molar-refractivity contribution in [3.05, 3.63) is 58.5 Å². The van der Waals surface area contributed by atoms with Crippen molar-refractivity contribution < 1.29 is 17.1 Å². The molecular formula is C20H24CuN4S2-4. The van der Waals surface area contributed by atoms with E-state index in [1.165, 1.54) is 54.9 Å². The van der Waals surface area contributed by atoms with Crippen LogP contribution in [0.25, 0.3) is 10.6 Å². The summed E-state index contributed by atoms with van der Waals surface area (Å²) >= 11 is 7.40. The Morgan fingerprint density at radius 2 is 1.63 bits per heavy atom. The molecular weight excluding hydrogens is 424 g/mol. The zero-order valence-corrected chi connectivity index (χ0v) is 17.8. The number of fused-ring (bicyclic) bond motifs is 2. The molecule has 0 bridgehead atoms. The SMILES string of the molecule is C1=CCC2=CC=C[N-]C2=C1.C1CCC2[N-]CCCC2C1.N#C[S-].N#C[S-].[Cu]. The van der Waals surface area contributed by atoms with E-state index in [4.69, 9.17) is 10.5 Å². The van der Waals surface area contributed by atoms with Gasteiger partial charge in [0.05, 0.1) is 0 Å². The van der Waals surface area contributed by atoms with Gasteiger partial charge in [0.25, 0.3) is 0 Å². The molecule has 1 radical (unpaired) electrons. The maximum atomic E-state index is 7.13. The van der Waals surface area contributed by atoms with Gasteiger partial charge in [0.1, 0.15) is 0 Å². The van der Waals surface area contributed by atoms with Crippen molar-refractivity contribution in [1.29, 1.82) is 10.5 Å². The molecule has 2 aliphatic heterocycles. The van der Waals surface area contributed by atoms with Gasteiger partial charge in [0.2, 0.25) is 0 Å². The molecule has 2 unspecified atom stereocenters. The molecule has 0 amide bonds. The molecule has 0 aromatic rings. The van der Waals surface area contributed by atoms with Crippen LogP contribution in [0.1, 0.15) is 44.9 Å². The molecule has 7 heteroatoms. The number of thiocyanates is 2. The zero-order chi connectivity index (χ0) is 19.0. The number of nitriles is 2. The Balaban J connectivity index is 0.000000380. The summed E-state index contributed by atoms with van der Waals surface area (Å²) in [5.74, 6) is 0.988. The van der Waals surface area contributed by atoms with Crippen molar-refractivity contribution in [2.24, 2.45) is 5.92 Å². The van der Waals surface area contributed by atoms with Gasteiger partial charge >= 0.3 is 0 Å². The van der Waals surface area contributed by atoms with Crippen molar-refractivity contribution >= 4 is 25.3 Å². The fourth-order valence-electron chi connectivity index (χ4n) is 3.50. The maximum Gasteiger partial charge on any atom is 0 e. The number of hydrogen-bond donors (Lipinski definition) is 0. The second-order valence-corrected chi connectivity index (χ2v) is 6.55. The standard InChI is InChI=1S/C9H16N.C9H8N.2CHNS.Cu/c2*1-2-6-9-8(4-1)5-3-7-10-9;2*2-1-3;/h8-9H,1-7H2;1-3,5-7H,4H2;2*3H;/q2*-1;;;/p-2. The van der Waals surface area contributed by atoms with Crippen molar-refractivity contribution in [2.45, 2.75) is 51.0 Å². The van der Waals surface area contributed by atoms with Gasteiger partial charge in [-0.2, -0.15) is 6.20 Å². The van der Waals surface area contributed by atoms with Crippen molar-refractivity contribution in [3.8, 4) is 10.8 Å². The molecule has 4 rings (SSSR count). The van der Waals surface area contributed by atoms with Gasteiger partial charge in [0, 0.05) is 17.1 Å². The van der Waals surface area contributed by atoms with E-state index in [0.717, 1.165) is 30.6 Å². The third-order valence-electron chi connectivity index (χ3n) is 4.62. The first-order valence-corrected chi connectivity index (χ1v) is 9.71. The Morgan fingerprint density at radius 3 is 2.30 bits per heavy atom. The third-order valence-corrected chi connectivity index (χ3v) is 4.62. The quantitative estimate of drug-likeness (QED) is 0.283. The predicted octanol–water partition coefficient (Wildman–Crippen LogP) is 5.40. The molecule has 2 fully saturated rings. The third kappa shape index (κ3) is 10.5. The summed E-state index contributed by atoms with van der Waals surface area (Å²) in [4.78, 5) is 0. The summed E-state index contributed by atoms with van der Waals surface area (Å²) in [6.45, 7) is 1.15. The maximum absolute atomic E-state index is 7.13. The fraction of sp³-hybridized carbons (Fsp3) is 0.500. The molecule has 2 heterocycles. The van der Waals surface area contributed by atoms with Crippen molar-refractivity contribution in [3.63, 3.8) is 0 Å². The number of piperidine rings is 1. The van der Waals surface area contributed by atoms with Crippen LogP contribution in [-0.2, 0) is 42.3 Å². The van der Waals surface area contributed by atoms with E-state index < -0.39 is 0 Å². The smallest absolute Gasteiger partial charge is 0 e. The second kappa shape index (κ2) is 16.8. The summed E-state index contributed by atoms with van der Waals surface area (Å²) in [6.07, 6.45) is 21.8. The minimum absolute atomic E-state index is 0. The van der Waals surface area contributed by atoms with E-state index in [9.17, 15) is 0 Å². The average Bonchev–Trinajstić information content (AvgIpc) is 2.70. The molecule has 0 spiro atoms. The Hall–Kier alpha value is -1.34. The normalized spacial score (nSPS) is 23.3. The monoisotopic (exact) mass is 447 g/mol. The van der Waals surface area contributed by atoms with E-state index in [-0.39, 0.29) is 17.1 Å². The summed E-state index contributed by atoms with van der Waals surface area (Å²) in [5, 5.41) is 25.8. The number of nitrogens with zero attached hydrogens (tertiary/aromatic N) is 4. The number of hydrogen-bond acceptors (Lipinski definition) is 4. The topological polar surface area (TPSA) is 75.8 Å². The van der Waals surface area contributed by atoms with Crippen LogP contribution in [0.15, 0.2) is 47.9 Å². The van der Waals surface area contributed by atoms with E-state index in [1.54, 1.807) is 0 Å². The Morgan fingerprint density at radius 1 is 0.963 bits per heavy atom. The van der Waals surface area contributed by atoms with Crippen LogP contribution in [0.5, 0.6) is 0 Å². The summed E-state index contributed by atoms with van der Waals surface area (Å²) in [5.41, 5.74) is 2.44. The first-order valence-electron chi connectivity index (χ1n) is 8.89. The van der Waals surface area contributed by atoms with Crippen LogP contribution >= 0.6 is 0 Å². The molecule has 0 aromatic carbocycles. The average molecular weight is 448 g/mol. The second-order valence-electron chi connectivity index (χ2n) is 6.19. The Bertz CT molecular complexity index is 548. The first kappa shape index (κ1) is 25.7. The number of rotatable bonds is 0. The molecule has 151 valence electrons. The van der Waals surface area contributed by atoms with Crippen molar-refractivity contribution in [1.82, 2.24) is 0 Å². The van der Waals surface area contributed by atoms with Gasteiger partial charge in [-0.1, -0.05) is 91.2 Å². The summed E-state index contributed by atoms with van der Waals surface area (Å²) < 4.78 is 0. The van der Waals surface area contributed by atoms with Crippen LogP contribution in [-0.4, -0.2) is 12.6 Å². The molecule has 0 N–H and O–H groups in total. The van der Waals surface area contributed by atoms with Crippen LogP contribution in [0.3, 0.4) is 0 Å². The largest absolute Gasteiger partial charge is 0.696 e. The van der Waals surface area contributed by atoms with Crippen LogP contribution in [0.4, 0.5) is 0 Å². The van der Waals surface area contributed by atoms with E-state index in [0.29, 0.717) is 0 Å². The van der Waals surface area contributed by atoms with E-state index in [2.05, 4.69) is 54.1 Å². The molecule has 2 aliphatic carbocycles. The molecule has 4 aliphatic rings. The van der Waals surface area contributed by atoms with Gasteiger partial charge < -0.3 is 35.9 Å². The van der Waals surface area contributed by atoms with Gasteiger partial charge in [0.15, 0.2) is 0 Å².